The lowest BCUT2D eigenvalue weighted by Crippen LogP contribution is -2.38. The summed E-state index contributed by atoms with van der Waals surface area (Å²) in [5, 5.41) is 3.71. The standard InChI is InChI=1S/C21H27N3O3S/c1-28-21-22-14-18(24(21)17-12-8-5-9-13-17)20(26)27-15-19(25)23-16-10-6-3-2-4-7-11-16/h5,8-9,12-14,16H,2-4,6-7,10-11,15H2,1H3,(H,23,25). The zero-order valence-electron chi connectivity index (χ0n) is 16.2. The number of hydrogen-bond acceptors (Lipinski definition) is 5. The Kier molecular flexibility index (Phi) is 7.54. The Bertz CT molecular complexity index is 783. The van der Waals surface area contributed by atoms with E-state index in [0.29, 0.717) is 10.9 Å². The van der Waals surface area contributed by atoms with Crippen molar-refractivity contribution in [3.63, 3.8) is 0 Å². The van der Waals surface area contributed by atoms with Crippen LogP contribution >= 0.6 is 11.8 Å². The summed E-state index contributed by atoms with van der Waals surface area (Å²) in [6.45, 7) is -0.274. The lowest BCUT2D eigenvalue weighted by atomic mass is 9.97. The van der Waals surface area contributed by atoms with E-state index in [2.05, 4.69) is 10.3 Å². The number of nitrogens with zero attached hydrogens (tertiary/aromatic N) is 2. The third-order valence-electron chi connectivity index (χ3n) is 4.94. The van der Waals surface area contributed by atoms with E-state index in [-0.39, 0.29) is 18.6 Å². The average Bonchev–Trinajstić information content (AvgIpc) is 3.13. The van der Waals surface area contributed by atoms with Gasteiger partial charge >= 0.3 is 5.97 Å². The number of para-hydroxylation sites is 1. The summed E-state index contributed by atoms with van der Waals surface area (Å²) >= 11 is 1.44. The summed E-state index contributed by atoms with van der Waals surface area (Å²) in [6, 6.07) is 9.70. The highest BCUT2D eigenvalue weighted by Crippen LogP contribution is 2.22. The number of carbonyl (C=O) groups excluding carboxylic acids is 2. The van der Waals surface area contributed by atoms with Gasteiger partial charge in [-0.25, -0.2) is 9.78 Å². The fourth-order valence-electron chi connectivity index (χ4n) is 3.52. The number of esters is 1. The molecule has 1 aliphatic carbocycles. The van der Waals surface area contributed by atoms with Gasteiger partial charge in [-0.1, -0.05) is 62.1 Å². The molecule has 28 heavy (non-hydrogen) atoms. The van der Waals surface area contributed by atoms with Gasteiger partial charge in [-0.15, -0.1) is 0 Å². The molecule has 3 rings (SSSR count). The van der Waals surface area contributed by atoms with Crippen LogP contribution in [-0.4, -0.2) is 40.3 Å². The first-order chi connectivity index (χ1) is 13.7. The van der Waals surface area contributed by atoms with Crippen molar-refractivity contribution in [3.05, 3.63) is 42.2 Å². The number of carbonyl (C=O) groups is 2. The molecule has 7 heteroatoms. The smallest absolute Gasteiger partial charge is 0.357 e. The molecule has 1 N–H and O–H groups in total. The average molecular weight is 402 g/mol. The molecule has 0 bridgehead atoms. The number of imidazole rings is 1. The number of ether oxygens (including phenoxy) is 1. The van der Waals surface area contributed by atoms with Gasteiger partial charge in [0.25, 0.3) is 5.91 Å². The highest BCUT2D eigenvalue weighted by atomic mass is 32.2. The maximum atomic E-state index is 12.6. The Balaban J connectivity index is 1.60. The van der Waals surface area contributed by atoms with Gasteiger partial charge in [-0.3, -0.25) is 9.36 Å². The molecule has 1 saturated carbocycles. The molecular formula is C21H27N3O3S. The summed E-state index contributed by atoms with van der Waals surface area (Å²) in [4.78, 5) is 29.1. The second-order valence-corrected chi connectivity index (χ2v) is 7.76. The zero-order valence-corrected chi connectivity index (χ0v) is 17.0. The van der Waals surface area contributed by atoms with Crippen LogP contribution in [0.1, 0.15) is 55.4 Å². The Morgan fingerprint density at radius 2 is 1.82 bits per heavy atom. The first-order valence-corrected chi connectivity index (χ1v) is 11.0. The predicted molar refractivity (Wildman–Crippen MR) is 110 cm³/mol. The van der Waals surface area contributed by atoms with Crippen LogP contribution in [-0.2, 0) is 9.53 Å². The van der Waals surface area contributed by atoms with Gasteiger partial charge in [0.05, 0.1) is 6.20 Å². The minimum atomic E-state index is -0.551. The quantitative estimate of drug-likeness (QED) is 0.585. The van der Waals surface area contributed by atoms with Crippen molar-refractivity contribution >= 4 is 23.6 Å². The van der Waals surface area contributed by atoms with E-state index in [4.69, 9.17) is 4.74 Å². The highest BCUT2D eigenvalue weighted by Gasteiger charge is 2.21. The summed E-state index contributed by atoms with van der Waals surface area (Å²) in [5.41, 5.74) is 1.14. The van der Waals surface area contributed by atoms with E-state index in [9.17, 15) is 9.59 Å². The molecule has 2 aromatic rings. The lowest BCUT2D eigenvalue weighted by molar-refractivity contribution is -0.125. The third kappa shape index (κ3) is 5.38. The van der Waals surface area contributed by atoms with E-state index in [1.54, 1.807) is 4.57 Å². The summed E-state index contributed by atoms with van der Waals surface area (Å²) < 4.78 is 7.04. The summed E-state index contributed by atoms with van der Waals surface area (Å²) in [6.07, 6.45) is 11.4. The number of benzene rings is 1. The monoisotopic (exact) mass is 401 g/mol. The molecule has 6 nitrogen and oxygen atoms in total. The first kappa shape index (κ1) is 20.5. The van der Waals surface area contributed by atoms with Crippen LogP contribution < -0.4 is 5.32 Å². The van der Waals surface area contributed by atoms with Gasteiger partial charge in [-0.05, 0) is 31.2 Å². The molecule has 0 atom stereocenters. The van der Waals surface area contributed by atoms with E-state index in [1.807, 2.05) is 36.6 Å². The maximum Gasteiger partial charge on any atom is 0.357 e. The number of amides is 1. The van der Waals surface area contributed by atoms with E-state index in [1.165, 1.54) is 37.2 Å². The van der Waals surface area contributed by atoms with Gasteiger partial charge in [-0.2, -0.15) is 0 Å². The van der Waals surface area contributed by atoms with Crippen molar-refractivity contribution in [1.82, 2.24) is 14.9 Å². The Morgan fingerprint density at radius 1 is 1.14 bits per heavy atom. The number of rotatable bonds is 6. The molecular weight excluding hydrogens is 374 g/mol. The first-order valence-electron chi connectivity index (χ1n) is 9.82. The molecule has 1 fully saturated rings. The molecule has 1 amide bonds. The van der Waals surface area contributed by atoms with Crippen LogP contribution in [0.5, 0.6) is 0 Å². The Hall–Kier alpha value is -2.28. The van der Waals surface area contributed by atoms with Gasteiger partial charge in [0.1, 0.15) is 0 Å². The fourth-order valence-corrected chi connectivity index (χ4v) is 4.07. The maximum absolute atomic E-state index is 12.6. The van der Waals surface area contributed by atoms with E-state index >= 15 is 0 Å². The van der Waals surface area contributed by atoms with Crippen molar-refractivity contribution in [3.8, 4) is 5.69 Å². The van der Waals surface area contributed by atoms with Crippen LogP contribution in [0.15, 0.2) is 41.7 Å². The fraction of sp³-hybridized carbons (Fsp3) is 0.476. The van der Waals surface area contributed by atoms with Gasteiger partial charge in [0.2, 0.25) is 0 Å². The molecule has 1 aliphatic rings. The van der Waals surface area contributed by atoms with Crippen LogP contribution in [0, 0.1) is 0 Å². The van der Waals surface area contributed by atoms with Crippen LogP contribution in [0.4, 0.5) is 0 Å². The third-order valence-corrected chi connectivity index (χ3v) is 5.59. The summed E-state index contributed by atoms with van der Waals surface area (Å²) in [5.74, 6) is -0.792. The molecule has 1 heterocycles. The van der Waals surface area contributed by atoms with E-state index < -0.39 is 5.97 Å². The molecule has 0 radical (unpaired) electrons. The molecule has 0 aliphatic heterocycles. The topological polar surface area (TPSA) is 73.2 Å². The van der Waals surface area contributed by atoms with Crippen LogP contribution in [0.2, 0.25) is 0 Å². The number of nitrogens with one attached hydrogen (secondary N) is 1. The molecule has 1 aromatic carbocycles. The second kappa shape index (κ2) is 10.3. The minimum absolute atomic E-state index is 0.185. The molecule has 150 valence electrons. The zero-order chi connectivity index (χ0) is 19.8. The van der Waals surface area contributed by atoms with Crippen molar-refractivity contribution in [2.24, 2.45) is 0 Å². The molecule has 0 spiro atoms. The second-order valence-electron chi connectivity index (χ2n) is 6.99. The van der Waals surface area contributed by atoms with Gasteiger partial charge in [0.15, 0.2) is 17.5 Å². The molecule has 1 aromatic heterocycles. The number of thioether (sulfide) groups is 1. The molecule has 0 saturated heterocycles. The van der Waals surface area contributed by atoms with Crippen molar-refractivity contribution in [2.75, 3.05) is 12.9 Å². The van der Waals surface area contributed by atoms with E-state index in [0.717, 1.165) is 31.4 Å². The number of aromatic nitrogens is 2. The van der Waals surface area contributed by atoms with Crippen molar-refractivity contribution < 1.29 is 14.3 Å². The minimum Gasteiger partial charge on any atom is -0.451 e. The van der Waals surface area contributed by atoms with Gasteiger partial charge < -0.3 is 10.1 Å². The van der Waals surface area contributed by atoms with Gasteiger partial charge in [0, 0.05) is 11.7 Å². The highest BCUT2D eigenvalue weighted by molar-refractivity contribution is 7.98. The lowest BCUT2D eigenvalue weighted by Gasteiger charge is -2.21. The van der Waals surface area contributed by atoms with Crippen LogP contribution in [0.25, 0.3) is 5.69 Å². The molecule has 0 unspecified atom stereocenters. The largest absolute Gasteiger partial charge is 0.451 e. The Morgan fingerprint density at radius 3 is 2.50 bits per heavy atom. The van der Waals surface area contributed by atoms with Crippen LogP contribution in [0.3, 0.4) is 0 Å². The number of hydrogen-bond donors (Lipinski definition) is 1. The predicted octanol–water partition coefficient (Wildman–Crippen LogP) is 3.98. The summed E-state index contributed by atoms with van der Waals surface area (Å²) in [7, 11) is 0. The SMILES string of the molecule is CSc1ncc(C(=O)OCC(=O)NC2CCCCCCC2)n1-c1ccccc1. The van der Waals surface area contributed by atoms with Crippen molar-refractivity contribution in [1.29, 1.82) is 0 Å². The van der Waals surface area contributed by atoms with Crippen molar-refractivity contribution in [2.45, 2.75) is 56.1 Å². The Labute approximate surface area is 170 Å². The normalized spacial score (nSPS) is 15.5.